The summed E-state index contributed by atoms with van der Waals surface area (Å²) in [6.45, 7) is -0.0907. The number of aliphatic hydroxyl groups is 1. The number of aliphatic hydroxyl groups excluding tert-OH is 1. The van der Waals surface area contributed by atoms with E-state index in [9.17, 15) is 37.8 Å². The summed E-state index contributed by atoms with van der Waals surface area (Å²) in [6, 6.07) is 20.4. The van der Waals surface area contributed by atoms with Gasteiger partial charge < -0.3 is 14.9 Å². The largest absolute Gasteiger partial charge is 0.508 e. The standard InChI is InChI=1S/C42H35Cl2F3N4O7/c43-26-7-5-24(6-8-26)41-32(38(55)51(40(41)57)49-36-33(44)19-25(21-48-36)42(45,46)47)20-31-29(35(41)23-3-11-28(12-4-23)58-18-17-52)13-14-30-34(31)39(56)50(37(30)54)16-15-22-1-9-27(53)10-2-22/h1-13,19,21,30-32,34-35,52-53H,14-18,20H2,(H,48,49). The Labute approximate surface area is 340 Å². The minimum atomic E-state index is -4.75. The third kappa shape index (κ3) is 6.56. The number of imide groups is 2. The van der Waals surface area contributed by atoms with Crippen molar-refractivity contribution in [1.29, 1.82) is 0 Å². The van der Waals surface area contributed by atoms with Crippen molar-refractivity contribution < 1.29 is 47.3 Å². The van der Waals surface area contributed by atoms with Gasteiger partial charge in [0, 0.05) is 23.7 Å². The summed E-state index contributed by atoms with van der Waals surface area (Å²) in [7, 11) is 0. The summed E-state index contributed by atoms with van der Waals surface area (Å²) in [4.78, 5) is 63.7. The number of alkyl halides is 3. The van der Waals surface area contributed by atoms with E-state index in [1.165, 1.54) is 17.0 Å². The van der Waals surface area contributed by atoms with Gasteiger partial charge in [0.1, 0.15) is 18.1 Å². The molecule has 0 spiro atoms. The Morgan fingerprint density at radius 2 is 1.62 bits per heavy atom. The van der Waals surface area contributed by atoms with Crippen molar-refractivity contribution in [1.82, 2.24) is 14.9 Å². The summed E-state index contributed by atoms with van der Waals surface area (Å²) < 4.78 is 46.1. The first-order valence-corrected chi connectivity index (χ1v) is 19.3. The summed E-state index contributed by atoms with van der Waals surface area (Å²) >= 11 is 12.6. The number of anilines is 1. The van der Waals surface area contributed by atoms with Gasteiger partial charge in [-0.2, -0.15) is 18.2 Å². The molecule has 2 aliphatic carbocycles. The maximum atomic E-state index is 15.3. The number of carbonyl (C=O) groups is 4. The number of halogens is 5. The molecule has 11 nitrogen and oxygen atoms in total. The van der Waals surface area contributed by atoms with E-state index >= 15 is 4.79 Å². The van der Waals surface area contributed by atoms with Crippen molar-refractivity contribution in [3.8, 4) is 11.5 Å². The summed E-state index contributed by atoms with van der Waals surface area (Å²) in [5.74, 6) is -6.32. The minimum absolute atomic E-state index is 0.0223. The van der Waals surface area contributed by atoms with Crippen molar-refractivity contribution >= 4 is 52.6 Å². The molecule has 3 N–H and O–H groups in total. The zero-order valence-electron chi connectivity index (χ0n) is 30.5. The van der Waals surface area contributed by atoms with Crippen LogP contribution in [0.15, 0.2) is 96.7 Å². The molecule has 3 heterocycles. The van der Waals surface area contributed by atoms with Crippen LogP contribution in [0.1, 0.15) is 41.0 Å². The molecule has 8 rings (SSSR count). The molecule has 3 fully saturated rings. The van der Waals surface area contributed by atoms with Crippen molar-refractivity contribution in [3.05, 3.63) is 129 Å². The van der Waals surface area contributed by atoms with Crippen LogP contribution >= 0.6 is 23.2 Å². The third-order valence-corrected chi connectivity index (χ3v) is 12.3. The van der Waals surface area contributed by atoms with Crippen LogP contribution < -0.4 is 10.2 Å². The molecular weight excluding hydrogens is 800 g/mol. The first-order valence-electron chi connectivity index (χ1n) is 18.5. The highest BCUT2D eigenvalue weighted by molar-refractivity contribution is 6.33. The average molecular weight is 836 g/mol. The smallest absolute Gasteiger partial charge is 0.417 e. The predicted octanol–water partition coefficient (Wildman–Crippen LogP) is 6.71. The maximum absolute atomic E-state index is 15.3. The van der Waals surface area contributed by atoms with E-state index in [-0.39, 0.29) is 56.0 Å². The quantitative estimate of drug-likeness (QED) is 0.117. The lowest BCUT2D eigenvalue weighted by atomic mass is 9.49. The number of phenols is 1. The monoisotopic (exact) mass is 834 g/mol. The van der Waals surface area contributed by atoms with Crippen LogP contribution in [0.4, 0.5) is 19.0 Å². The lowest BCUT2D eigenvalue weighted by Crippen LogP contribution is -2.53. The molecule has 2 aliphatic heterocycles. The molecule has 300 valence electrons. The number of ether oxygens (including phenoxy) is 1. The molecule has 3 aromatic carbocycles. The number of likely N-dealkylation sites (tertiary alicyclic amines) is 1. The minimum Gasteiger partial charge on any atom is -0.508 e. The number of pyridine rings is 1. The van der Waals surface area contributed by atoms with E-state index in [4.69, 9.17) is 27.9 Å². The molecule has 1 aromatic heterocycles. The molecular formula is C42H35Cl2F3N4O7. The van der Waals surface area contributed by atoms with Gasteiger partial charge in [-0.3, -0.25) is 29.5 Å². The number of fused-ring (bicyclic) bond motifs is 4. The van der Waals surface area contributed by atoms with Gasteiger partial charge >= 0.3 is 6.18 Å². The van der Waals surface area contributed by atoms with Crippen LogP contribution in [-0.2, 0) is 37.2 Å². The number of phenolic OH excluding ortho intramolecular Hbond substituents is 1. The molecule has 2 saturated heterocycles. The molecule has 0 radical (unpaired) electrons. The van der Waals surface area contributed by atoms with Gasteiger partial charge in [-0.25, -0.2) is 4.98 Å². The number of hydrazine groups is 1. The second kappa shape index (κ2) is 15.1. The number of amides is 4. The molecule has 6 atom stereocenters. The number of nitrogens with one attached hydrogen (secondary N) is 1. The van der Waals surface area contributed by atoms with Crippen LogP contribution in [0.2, 0.25) is 10.0 Å². The summed E-state index contributed by atoms with van der Waals surface area (Å²) in [5, 5.41) is 19.7. The first kappa shape index (κ1) is 39.4. The second-order valence-electron chi connectivity index (χ2n) is 14.8. The molecule has 4 aromatic rings. The molecule has 1 saturated carbocycles. The highest BCUT2D eigenvalue weighted by Gasteiger charge is 2.70. The van der Waals surface area contributed by atoms with E-state index < -0.39 is 63.6 Å². The third-order valence-electron chi connectivity index (χ3n) is 11.8. The van der Waals surface area contributed by atoms with Gasteiger partial charge in [0.25, 0.3) is 11.8 Å². The van der Waals surface area contributed by atoms with Gasteiger partial charge in [-0.05, 0) is 84.3 Å². The van der Waals surface area contributed by atoms with Crippen molar-refractivity contribution in [3.63, 3.8) is 0 Å². The second-order valence-corrected chi connectivity index (χ2v) is 15.6. The Morgan fingerprint density at radius 1 is 0.914 bits per heavy atom. The Hall–Kier alpha value is -5.44. The van der Waals surface area contributed by atoms with Gasteiger partial charge in [0.05, 0.1) is 40.4 Å². The van der Waals surface area contributed by atoms with Gasteiger partial charge in [0.2, 0.25) is 11.8 Å². The summed E-state index contributed by atoms with van der Waals surface area (Å²) in [5.41, 5.74) is 2.32. The molecule has 4 amide bonds. The highest BCUT2D eigenvalue weighted by Crippen LogP contribution is 2.64. The van der Waals surface area contributed by atoms with E-state index in [1.54, 1.807) is 60.7 Å². The molecule has 4 aliphatic rings. The zero-order chi connectivity index (χ0) is 41.1. The Kier molecular flexibility index (Phi) is 10.2. The predicted molar refractivity (Wildman–Crippen MR) is 204 cm³/mol. The van der Waals surface area contributed by atoms with Crippen molar-refractivity contribution in [2.45, 2.75) is 36.8 Å². The van der Waals surface area contributed by atoms with Gasteiger partial charge in [0.15, 0.2) is 5.82 Å². The number of aromatic nitrogens is 1. The molecule has 0 bridgehead atoms. The van der Waals surface area contributed by atoms with Crippen LogP contribution in [-0.4, -0.2) is 68.5 Å². The van der Waals surface area contributed by atoms with Gasteiger partial charge in [-0.15, -0.1) is 0 Å². The summed E-state index contributed by atoms with van der Waals surface area (Å²) in [6.07, 6.45) is -1.79. The fraction of sp³-hybridized carbons (Fsp3) is 0.310. The topological polar surface area (TPSA) is 149 Å². The van der Waals surface area contributed by atoms with Crippen LogP contribution in [0, 0.1) is 23.7 Å². The SMILES string of the molecule is O=C1C2CC=C3C(CC4C(=O)N(Nc5ncc(C(F)(F)F)cc5Cl)C(=O)C4(c4ccc(Cl)cc4)C3c3ccc(OCCO)cc3)C2C(=O)N1CCc1ccc(O)cc1. The van der Waals surface area contributed by atoms with Gasteiger partial charge in [-0.1, -0.05) is 71.2 Å². The molecule has 6 unspecified atom stereocenters. The average Bonchev–Trinajstić information content (AvgIpc) is 3.57. The lowest BCUT2D eigenvalue weighted by molar-refractivity contribution is -0.141. The molecule has 58 heavy (non-hydrogen) atoms. The van der Waals surface area contributed by atoms with E-state index in [1.807, 2.05) is 6.08 Å². The number of rotatable bonds is 10. The van der Waals surface area contributed by atoms with Crippen LogP contribution in [0.3, 0.4) is 0 Å². The number of benzene rings is 3. The lowest BCUT2D eigenvalue weighted by Gasteiger charge is -2.50. The Morgan fingerprint density at radius 3 is 2.28 bits per heavy atom. The molecule has 16 heteroatoms. The van der Waals surface area contributed by atoms with Crippen LogP contribution in [0.25, 0.3) is 0 Å². The van der Waals surface area contributed by atoms with E-state index in [0.717, 1.165) is 10.6 Å². The van der Waals surface area contributed by atoms with E-state index in [2.05, 4.69) is 10.4 Å². The van der Waals surface area contributed by atoms with Crippen molar-refractivity contribution in [2.75, 3.05) is 25.2 Å². The maximum Gasteiger partial charge on any atom is 0.417 e. The number of nitrogens with zero attached hydrogens (tertiary/aromatic N) is 3. The normalized spacial score (nSPS) is 25.3. The van der Waals surface area contributed by atoms with E-state index in [0.29, 0.717) is 46.2 Å². The van der Waals surface area contributed by atoms with Crippen LogP contribution in [0.5, 0.6) is 11.5 Å². The van der Waals surface area contributed by atoms with Crippen molar-refractivity contribution in [2.24, 2.45) is 23.7 Å². The first-order chi connectivity index (χ1) is 27.7. The zero-order valence-corrected chi connectivity index (χ0v) is 32.0. The number of allylic oxidation sites excluding steroid dienone is 2. The number of hydrogen-bond donors (Lipinski definition) is 3. The fourth-order valence-electron chi connectivity index (χ4n) is 9.27. The number of hydrogen-bond acceptors (Lipinski definition) is 9. The highest BCUT2D eigenvalue weighted by atomic mass is 35.5. The Bertz CT molecular complexity index is 2330. The number of aromatic hydroxyl groups is 1. The number of carbonyl (C=O) groups excluding carboxylic acids is 4. The fourth-order valence-corrected chi connectivity index (χ4v) is 9.60. The Balaban J connectivity index is 1.24.